The van der Waals surface area contributed by atoms with Crippen LogP contribution in [0.4, 0.5) is 0 Å². The molecule has 0 radical (unpaired) electrons. The van der Waals surface area contributed by atoms with Crippen molar-refractivity contribution >= 4 is 17.2 Å². The van der Waals surface area contributed by atoms with Gasteiger partial charge in [-0.1, -0.05) is 0 Å². The van der Waals surface area contributed by atoms with Crippen LogP contribution in [0.15, 0.2) is 33.2 Å². The first-order valence-corrected chi connectivity index (χ1v) is 7.14. The van der Waals surface area contributed by atoms with Crippen molar-refractivity contribution in [2.45, 2.75) is 19.5 Å². The Morgan fingerprint density at radius 1 is 1.30 bits per heavy atom. The van der Waals surface area contributed by atoms with Crippen LogP contribution in [0, 0.1) is 0 Å². The van der Waals surface area contributed by atoms with Crippen molar-refractivity contribution in [3.8, 4) is 0 Å². The van der Waals surface area contributed by atoms with Gasteiger partial charge in [-0.3, -0.25) is 19.5 Å². The molecule has 0 saturated heterocycles. The molecule has 1 N–H and O–H groups in total. The summed E-state index contributed by atoms with van der Waals surface area (Å²) < 4.78 is 1.05. The number of H-pyrrole nitrogens is 1. The first-order chi connectivity index (χ1) is 9.63. The molecule has 1 aliphatic rings. The fourth-order valence-corrected chi connectivity index (χ4v) is 3.17. The molecule has 1 amide bonds. The average molecular weight is 291 g/mol. The second-order valence-corrected chi connectivity index (χ2v) is 5.67. The SMILES string of the molecule is O=C(Cn1[nH]c(=O)ccc1=O)N1CCc2sccc2C1. The van der Waals surface area contributed by atoms with Crippen molar-refractivity contribution in [3.63, 3.8) is 0 Å². The predicted octanol–water partition coefficient (Wildman–Crippen LogP) is 0.183. The van der Waals surface area contributed by atoms with Gasteiger partial charge in [0.05, 0.1) is 0 Å². The summed E-state index contributed by atoms with van der Waals surface area (Å²) in [6.45, 7) is 1.09. The third-order valence-corrected chi connectivity index (χ3v) is 4.37. The Balaban J connectivity index is 1.76. The van der Waals surface area contributed by atoms with Crippen molar-refractivity contribution in [1.82, 2.24) is 14.7 Å². The van der Waals surface area contributed by atoms with E-state index in [4.69, 9.17) is 0 Å². The fourth-order valence-electron chi connectivity index (χ4n) is 2.28. The van der Waals surface area contributed by atoms with Gasteiger partial charge < -0.3 is 4.90 Å². The third kappa shape index (κ3) is 2.44. The molecule has 104 valence electrons. The first kappa shape index (κ1) is 12.9. The minimum atomic E-state index is -0.392. The highest BCUT2D eigenvalue weighted by Gasteiger charge is 2.21. The standard InChI is InChI=1S/C13H13N3O3S/c17-11-1-2-12(18)16(14-11)8-13(19)15-5-3-10-9(7-15)4-6-20-10/h1-2,4,6H,3,5,7-8H2,(H,14,17). The lowest BCUT2D eigenvalue weighted by Crippen LogP contribution is -2.40. The van der Waals surface area contributed by atoms with Crippen LogP contribution in [0.3, 0.4) is 0 Å². The molecule has 0 saturated carbocycles. The molecule has 0 aromatic carbocycles. The Morgan fingerprint density at radius 2 is 2.15 bits per heavy atom. The van der Waals surface area contributed by atoms with Crippen LogP contribution in [0.25, 0.3) is 0 Å². The lowest BCUT2D eigenvalue weighted by Gasteiger charge is -2.27. The Hall–Kier alpha value is -2.15. The highest BCUT2D eigenvalue weighted by molar-refractivity contribution is 7.10. The second kappa shape index (κ2) is 5.09. The number of nitrogens with zero attached hydrogens (tertiary/aromatic N) is 2. The second-order valence-electron chi connectivity index (χ2n) is 4.67. The molecule has 2 aromatic rings. The van der Waals surface area contributed by atoms with Gasteiger partial charge in [0.15, 0.2) is 0 Å². The summed E-state index contributed by atoms with van der Waals surface area (Å²) >= 11 is 1.71. The molecule has 6 nitrogen and oxygen atoms in total. The summed E-state index contributed by atoms with van der Waals surface area (Å²) in [5.41, 5.74) is 0.394. The number of carbonyl (C=O) groups is 1. The van der Waals surface area contributed by atoms with Gasteiger partial charge in [0.1, 0.15) is 6.54 Å². The number of hydrogen-bond acceptors (Lipinski definition) is 4. The Labute approximate surface area is 118 Å². The number of hydrogen-bond donors (Lipinski definition) is 1. The van der Waals surface area contributed by atoms with Crippen LogP contribution in [0.1, 0.15) is 10.4 Å². The van der Waals surface area contributed by atoms with Gasteiger partial charge in [-0.25, -0.2) is 4.68 Å². The molecule has 0 spiro atoms. The van der Waals surface area contributed by atoms with Gasteiger partial charge in [0, 0.05) is 30.1 Å². The highest BCUT2D eigenvalue weighted by atomic mass is 32.1. The quantitative estimate of drug-likeness (QED) is 0.858. The van der Waals surface area contributed by atoms with E-state index in [1.165, 1.54) is 16.5 Å². The maximum Gasteiger partial charge on any atom is 0.265 e. The minimum absolute atomic E-state index is 0.131. The van der Waals surface area contributed by atoms with Gasteiger partial charge >= 0.3 is 0 Å². The van der Waals surface area contributed by atoms with Crippen molar-refractivity contribution in [2.75, 3.05) is 6.54 Å². The molecule has 0 unspecified atom stereocenters. The summed E-state index contributed by atoms with van der Waals surface area (Å²) in [6, 6.07) is 4.34. The van der Waals surface area contributed by atoms with Crippen molar-refractivity contribution in [3.05, 3.63) is 54.7 Å². The van der Waals surface area contributed by atoms with E-state index in [0.717, 1.165) is 17.2 Å². The summed E-state index contributed by atoms with van der Waals surface area (Å²) in [6.07, 6.45) is 0.846. The van der Waals surface area contributed by atoms with E-state index >= 15 is 0 Å². The summed E-state index contributed by atoms with van der Waals surface area (Å²) in [5, 5.41) is 4.39. The van der Waals surface area contributed by atoms with Gasteiger partial charge in [0.25, 0.3) is 11.1 Å². The smallest absolute Gasteiger partial charge is 0.265 e. The van der Waals surface area contributed by atoms with Crippen LogP contribution >= 0.6 is 11.3 Å². The number of amides is 1. The first-order valence-electron chi connectivity index (χ1n) is 6.27. The molecule has 20 heavy (non-hydrogen) atoms. The number of fused-ring (bicyclic) bond motifs is 1. The molecule has 3 heterocycles. The van der Waals surface area contributed by atoms with Crippen LogP contribution < -0.4 is 11.1 Å². The molecule has 0 aliphatic carbocycles. The van der Waals surface area contributed by atoms with E-state index in [2.05, 4.69) is 5.10 Å². The van der Waals surface area contributed by atoms with Gasteiger partial charge in [-0.2, -0.15) is 0 Å². The summed E-state index contributed by atoms with van der Waals surface area (Å²) in [4.78, 5) is 38.0. The van der Waals surface area contributed by atoms with Gasteiger partial charge in [-0.05, 0) is 23.4 Å². The minimum Gasteiger partial charge on any atom is -0.336 e. The largest absolute Gasteiger partial charge is 0.336 e. The molecule has 2 aromatic heterocycles. The van der Waals surface area contributed by atoms with Crippen LogP contribution in [0.5, 0.6) is 0 Å². The zero-order chi connectivity index (χ0) is 14.1. The van der Waals surface area contributed by atoms with E-state index in [1.54, 1.807) is 16.2 Å². The van der Waals surface area contributed by atoms with E-state index in [9.17, 15) is 14.4 Å². The predicted molar refractivity (Wildman–Crippen MR) is 74.8 cm³/mol. The van der Waals surface area contributed by atoms with Crippen LogP contribution in [0.2, 0.25) is 0 Å². The number of aromatic nitrogens is 2. The zero-order valence-corrected chi connectivity index (χ0v) is 11.5. The zero-order valence-electron chi connectivity index (χ0n) is 10.7. The van der Waals surface area contributed by atoms with Gasteiger partial charge in [0.2, 0.25) is 5.91 Å². The molecular formula is C13H13N3O3S. The van der Waals surface area contributed by atoms with Gasteiger partial charge in [-0.15, -0.1) is 11.3 Å². The summed E-state index contributed by atoms with van der Waals surface area (Å²) in [5.74, 6) is -0.161. The Morgan fingerprint density at radius 3 is 3.00 bits per heavy atom. The van der Waals surface area contributed by atoms with Crippen molar-refractivity contribution in [1.29, 1.82) is 0 Å². The molecule has 0 fully saturated rings. The van der Waals surface area contributed by atoms with E-state index in [1.807, 2.05) is 11.4 Å². The maximum absolute atomic E-state index is 12.2. The third-order valence-electron chi connectivity index (χ3n) is 3.34. The summed E-state index contributed by atoms with van der Waals surface area (Å²) in [7, 11) is 0. The van der Waals surface area contributed by atoms with E-state index in [0.29, 0.717) is 13.1 Å². The Kier molecular flexibility index (Phi) is 3.27. The lowest BCUT2D eigenvalue weighted by atomic mass is 10.1. The lowest BCUT2D eigenvalue weighted by molar-refractivity contribution is -0.133. The number of rotatable bonds is 2. The highest BCUT2D eigenvalue weighted by Crippen LogP contribution is 2.23. The molecule has 0 atom stereocenters. The molecule has 1 aliphatic heterocycles. The maximum atomic E-state index is 12.2. The molecular weight excluding hydrogens is 278 g/mol. The fraction of sp³-hybridized carbons (Fsp3) is 0.308. The van der Waals surface area contributed by atoms with Crippen LogP contribution in [-0.4, -0.2) is 27.1 Å². The normalized spacial score (nSPS) is 14.1. The van der Waals surface area contributed by atoms with Crippen molar-refractivity contribution in [2.24, 2.45) is 0 Å². The van der Waals surface area contributed by atoms with Crippen LogP contribution in [-0.2, 0) is 24.3 Å². The number of carbonyl (C=O) groups excluding carboxylic acids is 1. The Bertz CT molecular complexity index is 758. The van der Waals surface area contributed by atoms with E-state index < -0.39 is 5.56 Å². The van der Waals surface area contributed by atoms with Crippen molar-refractivity contribution < 1.29 is 4.79 Å². The van der Waals surface area contributed by atoms with E-state index in [-0.39, 0.29) is 18.0 Å². The number of aromatic amines is 1. The monoisotopic (exact) mass is 291 g/mol. The topological polar surface area (TPSA) is 75.2 Å². The number of nitrogens with one attached hydrogen (secondary N) is 1. The molecule has 3 rings (SSSR count). The molecule has 7 heteroatoms. The number of thiophene rings is 1. The average Bonchev–Trinajstić information content (AvgIpc) is 2.90. The molecule has 0 bridgehead atoms.